The summed E-state index contributed by atoms with van der Waals surface area (Å²) in [6.07, 6.45) is -6.60. The maximum atomic E-state index is 10.8. The third-order valence-electron chi connectivity index (χ3n) is 3.62. The van der Waals surface area contributed by atoms with Gasteiger partial charge in [-0.15, -0.1) is 0 Å². The summed E-state index contributed by atoms with van der Waals surface area (Å²) in [4.78, 5) is 10.2. The van der Waals surface area contributed by atoms with Crippen molar-refractivity contribution in [3.05, 3.63) is 33.9 Å². The van der Waals surface area contributed by atoms with E-state index in [9.17, 15) is 25.4 Å². The van der Waals surface area contributed by atoms with E-state index in [1.165, 1.54) is 18.2 Å². The number of anilines is 1. The van der Waals surface area contributed by atoms with Gasteiger partial charge >= 0.3 is 0 Å². The summed E-state index contributed by atoms with van der Waals surface area (Å²) < 4.78 is 5.30. The van der Waals surface area contributed by atoms with Crippen LogP contribution in [0.5, 0.6) is 0 Å². The van der Waals surface area contributed by atoms with E-state index in [0.717, 1.165) is 0 Å². The van der Waals surface area contributed by atoms with Gasteiger partial charge in [-0.1, -0.05) is 6.07 Å². The van der Waals surface area contributed by atoms with Crippen molar-refractivity contribution in [1.82, 2.24) is 0 Å². The minimum Gasteiger partial charge on any atom is -0.394 e. The fourth-order valence-electron chi connectivity index (χ4n) is 2.25. The molecule has 0 radical (unpaired) electrons. The average Bonchev–Trinajstić information content (AvgIpc) is 2.49. The largest absolute Gasteiger partial charge is 0.394 e. The van der Waals surface area contributed by atoms with Gasteiger partial charge in [0.05, 0.1) is 11.5 Å². The molecule has 1 aliphatic rings. The summed E-state index contributed by atoms with van der Waals surface area (Å²) >= 11 is 0. The van der Waals surface area contributed by atoms with Crippen LogP contribution in [0.15, 0.2) is 18.2 Å². The number of hydrogen-bond donors (Lipinski definition) is 5. The summed E-state index contributed by atoms with van der Waals surface area (Å²) in [5, 5.41) is 52.0. The second-order valence-electron chi connectivity index (χ2n) is 5.15. The van der Waals surface area contributed by atoms with Gasteiger partial charge in [-0.3, -0.25) is 10.1 Å². The zero-order chi connectivity index (χ0) is 16.4. The van der Waals surface area contributed by atoms with Gasteiger partial charge < -0.3 is 30.5 Å². The van der Waals surface area contributed by atoms with E-state index in [4.69, 9.17) is 9.84 Å². The Balaban J connectivity index is 2.22. The molecule has 0 bridgehead atoms. The van der Waals surface area contributed by atoms with Crippen LogP contribution in [-0.4, -0.2) is 62.6 Å². The van der Waals surface area contributed by atoms with E-state index in [2.05, 4.69) is 5.32 Å². The van der Waals surface area contributed by atoms with Crippen LogP contribution in [0.4, 0.5) is 11.4 Å². The Bertz CT molecular complexity index is 551. The van der Waals surface area contributed by atoms with Crippen LogP contribution in [0.2, 0.25) is 0 Å². The molecule has 5 N–H and O–H groups in total. The molecular weight excluding hydrogens is 296 g/mol. The minimum absolute atomic E-state index is 0.141. The number of nitrogens with zero attached hydrogens (tertiary/aromatic N) is 1. The highest BCUT2D eigenvalue weighted by molar-refractivity contribution is 5.57. The van der Waals surface area contributed by atoms with Crippen LogP contribution in [0.1, 0.15) is 5.56 Å². The molecule has 122 valence electrons. The highest BCUT2D eigenvalue weighted by Gasteiger charge is 2.43. The van der Waals surface area contributed by atoms with Gasteiger partial charge in [0.1, 0.15) is 24.4 Å². The molecule has 0 aliphatic carbocycles. The zero-order valence-corrected chi connectivity index (χ0v) is 11.8. The van der Waals surface area contributed by atoms with Crippen molar-refractivity contribution < 1.29 is 30.1 Å². The standard InChI is InChI=1S/C13H18N2O7/c1-6-2-3-7(15(20)21)4-8(6)14-13-12(19)11(18)10(17)9(5-16)22-13/h2-4,9-14,16-19H,5H2,1H3/t9-,10-,11+,12+,13+/m0/s1. The number of nitrogens with one attached hydrogen (secondary N) is 1. The molecule has 1 aromatic rings. The first-order valence-electron chi connectivity index (χ1n) is 6.67. The third kappa shape index (κ3) is 3.18. The molecule has 1 aliphatic heterocycles. The zero-order valence-electron chi connectivity index (χ0n) is 11.8. The molecule has 1 aromatic carbocycles. The molecule has 22 heavy (non-hydrogen) atoms. The van der Waals surface area contributed by atoms with Crippen LogP contribution < -0.4 is 5.32 Å². The predicted molar refractivity (Wildman–Crippen MR) is 75.2 cm³/mol. The molecule has 5 atom stereocenters. The van der Waals surface area contributed by atoms with Crippen LogP contribution >= 0.6 is 0 Å². The van der Waals surface area contributed by atoms with E-state index >= 15 is 0 Å². The van der Waals surface area contributed by atoms with Gasteiger partial charge in [0.2, 0.25) is 0 Å². The van der Waals surface area contributed by atoms with Crippen molar-refractivity contribution in [3.8, 4) is 0 Å². The van der Waals surface area contributed by atoms with Crippen molar-refractivity contribution in [2.24, 2.45) is 0 Å². The summed E-state index contributed by atoms with van der Waals surface area (Å²) in [5.41, 5.74) is 0.874. The Morgan fingerprint density at radius 1 is 1.27 bits per heavy atom. The molecule has 0 saturated carbocycles. The topological polar surface area (TPSA) is 145 Å². The van der Waals surface area contributed by atoms with Crippen molar-refractivity contribution in [2.45, 2.75) is 37.6 Å². The molecule has 0 amide bonds. The average molecular weight is 314 g/mol. The van der Waals surface area contributed by atoms with Crippen LogP contribution in [0.3, 0.4) is 0 Å². The fraction of sp³-hybridized carbons (Fsp3) is 0.538. The SMILES string of the molecule is Cc1ccc([N+](=O)[O-])cc1N[C@@H]1O[C@@H](CO)[C@H](O)[C@@H](O)[C@H]1O. The number of nitro groups is 1. The second kappa shape index (κ2) is 6.55. The first-order chi connectivity index (χ1) is 10.3. The number of benzene rings is 1. The normalized spacial score (nSPS) is 31.8. The number of aliphatic hydroxyl groups is 4. The van der Waals surface area contributed by atoms with E-state index in [1.807, 2.05) is 0 Å². The minimum atomic E-state index is -1.51. The molecular formula is C13H18N2O7. The van der Waals surface area contributed by atoms with Crippen LogP contribution in [0, 0.1) is 17.0 Å². The smallest absolute Gasteiger partial charge is 0.271 e. The van der Waals surface area contributed by atoms with Crippen molar-refractivity contribution in [1.29, 1.82) is 0 Å². The van der Waals surface area contributed by atoms with E-state index in [0.29, 0.717) is 11.3 Å². The van der Waals surface area contributed by atoms with Gasteiger partial charge in [0, 0.05) is 17.8 Å². The van der Waals surface area contributed by atoms with Gasteiger partial charge in [-0.2, -0.15) is 0 Å². The van der Waals surface area contributed by atoms with Gasteiger partial charge in [0.15, 0.2) is 6.23 Å². The summed E-state index contributed by atoms with van der Waals surface area (Å²) in [5.74, 6) is 0. The van der Waals surface area contributed by atoms with E-state index in [1.54, 1.807) is 6.92 Å². The summed E-state index contributed by atoms with van der Waals surface area (Å²) in [6.45, 7) is 1.16. The molecule has 0 unspecified atom stereocenters. The van der Waals surface area contributed by atoms with Crippen LogP contribution in [-0.2, 0) is 4.74 Å². The predicted octanol–water partition coefficient (Wildman–Crippen LogP) is -0.885. The van der Waals surface area contributed by atoms with Gasteiger partial charge in [-0.05, 0) is 12.5 Å². The van der Waals surface area contributed by atoms with Crippen LogP contribution in [0.25, 0.3) is 0 Å². The summed E-state index contributed by atoms with van der Waals surface area (Å²) in [6, 6.07) is 4.15. The molecule has 1 fully saturated rings. The van der Waals surface area contributed by atoms with Crippen molar-refractivity contribution in [2.75, 3.05) is 11.9 Å². The quantitative estimate of drug-likeness (QED) is 0.355. The number of ether oxygens (including phenoxy) is 1. The van der Waals surface area contributed by atoms with E-state index < -0.39 is 42.2 Å². The molecule has 0 spiro atoms. The highest BCUT2D eigenvalue weighted by atomic mass is 16.6. The van der Waals surface area contributed by atoms with Crippen molar-refractivity contribution >= 4 is 11.4 Å². The summed E-state index contributed by atoms with van der Waals surface area (Å²) in [7, 11) is 0. The Labute approximate surface area is 125 Å². The number of rotatable bonds is 4. The Kier molecular flexibility index (Phi) is 4.94. The van der Waals surface area contributed by atoms with Gasteiger partial charge in [0.25, 0.3) is 5.69 Å². The molecule has 0 aromatic heterocycles. The number of hydrogen-bond acceptors (Lipinski definition) is 8. The maximum absolute atomic E-state index is 10.8. The molecule has 1 heterocycles. The molecule has 1 saturated heterocycles. The van der Waals surface area contributed by atoms with E-state index in [-0.39, 0.29) is 5.69 Å². The first-order valence-corrected chi connectivity index (χ1v) is 6.67. The molecule has 9 nitrogen and oxygen atoms in total. The lowest BCUT2D eigenvalue weighted by Crippen LogP contribution is -2.60. The fourth-order valence-corrected chi connectivity index (χ4v) is 2.25. The lowest BCUT2D eigenvalue weighted by molar-refractivity contribution is -0.384. The maximum Gasteiger partial charge on any atom is 0.271 e. The lowest BCUT2D eigenvalue weighted by atomic mass is 9.98. The molecule has 9 heteroatoms. The third-order valence-corrected chi connectivity index (χ3v) is 3.62. The van der Waals surface area contributed by atoms with Crippen molar-refractivity contribution in [3.63, 3.8) is 0 Å². The Morgan fingerprint density at radius 2 is 1.95 bits per heavy atom. The second-order valence-corrected chi connectivity index (χ2v) is 5.15. The number of aryl methyl sites for hydroxylation is 1. The number of non-ortho nitro benzene ring substituents is 1. The monoisotopic (exact) mass is 314 g/mol. The molecule has 2 rings (SSSR count). The number of nitro benzene ring substituents is 1. The first kappa shape index (κ1) is 16.6. The van der Waals surface area contributed by atoms with Gasteiger partial charge in [-0.25, -0.2) is 0 Å². The lowest BCUT2D eigenvalue weighted by Gasteiger charge is -2.40. The Hall–Kier alpha value is -1.78. The highest BCUT2D eigenvalue weighted by Crippen LogP contribution is 2.27. The number of aliphatic hydroxyl groups excluding tert-OH is 4. The Morgan fingerprint density at radius 3 is 2.55 bits per heavy atom.